The van der Waals surface area contributed by atoms with Gasteiger partial charge in [0.05, 0.1) is 6.61 Å². The van der Waals surface area contributed by atoms with E-state index >= 15 is 0 Å². The normalized spacial score (nSPS) is 12.7. The topological polar surface area (TPSA) is 52.6 Å². The van der Waals surface area contributed by atoms with Gasteiger partial charge in [-0.1, -0.05) is 39.3 Å². The van der Waals surface area contributed by atoms with Crippen LogP contribution in [0, 0.1) is 5.92 Å². The molecule has 0 saturated carbocycles. The summed E-state index contributed by atoms with van der Waals surface area (Å²) >= 11 is 0. The number of ether oxygens (including phenoxy) is 2. The number of hydrogen-bond donors (Lipinski definition) is 0. The minimum absolute atomic E-state index is 0.0811. The van der Waals surface area contributed by atoms with E-state index in [1.54, 1.807) is 6.92 Å². The maximum atomic E-state index is 11.7. The van der Waals surface area contributed by atoms with Crippen LogP contribution in [0.1, 0.15) is 59.8 Å². The fourth-order valence-corrected chi connectivity index (χ4v) is 1.65. The van der Waals surface area contributed by atoms with E-state index in [0.717, 1.165) is 25.7 Å². The summed E-state index contributed by atoms with van der Waals surface area (Å²) < 4.78 is 10.1. The molecule has 0 heterocycles. The molecule has 4 nitrogen and oxygen atoms in total. The zero-order chi connectivity index (χ0) is 15.4. The van der Waals surface area contributed by atoms with E-state index in [0.29, 0.717) is 13.0 Å². The van der Waals surface area contributed by atoms with E-state index in [1.807, 2.05) is 13.8 Å². The molecule has 0 N–H and O–H groups in total. The summed E-state index contributed by atoms with van der Waals surface area (Å²) in [5.74, 6) is -0.873. The van der Waals surface area contributed by atoms with Gasteiger partial charge in [0.25, 0.3) is 0 Å². The second-order valence-electron chi connectivity index (χ2n) is 5.06. The van der Waals surface area contributed by atoms with Crippen molar-refractivity contribution >= 4 is 11.9 Å². The smallest absolute Gasteiger partial charge is 0.347 e. The Morgan fingerprint density at radius 1 is 1.10 bits per heavy atom. The van der Waals surface area contributed by atoms with Crippen LogP contribution in [0.3, 0.4) is 0 Å². The lowest BCUT2D eigenvalue weighted by molar-refractivity contribution is -0.170. The molecule has 0 aromatic heterocycles. The van der Waals surface area contributed by atoms with Gasteiger partial charge in [0.15, 0.2) is 0 Å². The van der Waals surface area contributed by atoms with Gasteiger partial charge in [0, 0.05) is 12.3 Å². The number of esters is 2. The molecule has 4 heteroatoms. The van der Waals surface area contributed by atoms with Gasteiger partial charge in [0.1, 0.15) is 0 Å². The van der Waals surface area contributed by atoms with Crippen molar-refractivity contribution in [3.63, 3.8) is 0 Å². The highest BCUT2D eigenvalue weighted by molar-refractivity contribution is 5.79. The van der Waals surface area contributed by atoms with Gasteiger partial charge in [-0.05, 0) is 26.2 Å². The quantitative estimate of drug-likeness (QED) is 0.349. The van der Waals surface area contributed by atoms with Gasteiger partial charge < -0.3 is 9.47 Å². The molecule has 0 radical (unpaired) electrons. The SMILES string of the molecule is CCC/C=C/CCCC(=O)OC(C(=O)OCC)C(C)C. The van der Waals surface area contributed by atoms with Gasteiger partial charge in [-0.3, -0.25) is 4.79 Å². The van der Waals surface area contributed by atoms with E-state index in [-0.39, 0.29) is 11.9 Å². The number of unbranched alkanes of at least 4 members (excludes halogenated alkanes) is 2. The molecule has 20 heavy (non-hydrogen) atoms. The van der Waals surface area contributed by atoms with Crippen LogP contribution in [0.5, 0.6) is 0 Å². The molecule has 0 aliphatic rings. The number of allylic oxidation sites excluding steroid dienone is 2. The zero-order valence-electron chi connectivity index (χ0n) is 13.2. The van der Waals surface area contributed by atoms with Crippen LogP contribution in [-0.2, 0) is 19.1 Å². The average molecular weight is 284 g/mol. The molecule has 116 valence electrons. The minimum atomic E-state index is -0.793. The predicted molar refractivity (Wildman–Crippen MR) is 79.3 cm³/mol. The first-order valence-electron chi connectivity index (χ1n) is 7.54. The van der Waals surface area contributed by atoms with Crippen molar-refractivity contribution in [2.45, 2.75) is 65.9 Å². The summed E-state index contributed by atoms with van der Waals surface area (Å²) in [7, 11) is 0. The highest BCUT2D eigenvalue weighted by Crippen LogP contribution is 2.11. The molecule has 0 fully saturated rings. The van der Waals surface area contributed by atoms with Crippen LogP contribution in [0.2, 0.25) is 0 Å². The molecule has 0 amide bonds. The van der Waals surface area contributed by atoms with Crippen LogP contribution >= 0.6 is 0 Å². The van der Waals surface area contributed by atoms with Gasteiger partial charge in [-0.25, -0.2) is 4.79 Å². The van der Waals surface area contributed by atoms with E-state index in [2.05, 4.69) is 19.1 Å². The summed E-state index contributed by atoms with van der Waals surface area (Å²) in [6.45, 7) is 7.83. The van der Waals surface area contributed by atoms with Crippen molar-refractivity contribution in [3.8, 4) is 0 Å². The maximum absolute atomic E-state index is 11.7. The third-order valence-electron chi connectivity index (χ3n) is 2.76. The summed E-state index contributed by atoms with van der Waals surface area (Å²) in [6.07, 6.45) is 7.56. The molecule has 0 rings (SSSR count). The fourth-order valence-electron chi connectivity index (χ4n) is 1.65. The van der Waals surface area contributed by atoms with Crippen LogP contribution in [-0.4, -0.2) is 24.6 Å². The number of carbonyl (C=O) groups is 2. The van der Waals surface area contributed by atoms with Gasteiger partial charge in [-0.2, -0.15) is 0 Å². The molecular weight excluding hydrogens is 256 g/mol. The lowest BCUT2D eigenvalue weighted by Crippen LogP contribution is -2.33. The Hall–Kier alpha value is -1.32. The first-order valence-corrected chi connectivity index (χ1v) is 7.54. The first kappa shape index (κ1) is 18.7. The Morgan fingerprint density at radius 2 is 1.75 bits per heavy atom. The van der Waals surface area contributed by atoms with Gasteiger partial charge in [-0.15, -0.1) is 0 Å². The molecule has 1 atom stereocenters. The van der Waals surface area contributed by atoms with Crippen molar-refractivity contribution < 1.29 is 19.1 Å². The first-order chi connectivity index (χ1) is 9.52. The van der Waals surface area contributed by atoms with Gasteiger partial charge in [0.2, 0.25) is 6.10 Å². The van der Waals surface area contributed by atoms with Crippen molar-refractivity contribution in [2.24, 2.45) is 5.92 Å². The third-order valence-corrected chi connectivity index (χ3v) is 2.76. The maximum Gasteiger partial charge on any atom is 0.347 e. The van der Waals surface area contributed by atoms with E-state index in [1.165, 1.54) is 0 Å². The molecule has 0 aliphatic carbocycles. The second-order valence-corrected chi connectivity index (χ2v) is 5.06. The summed E-state index contributed by atoms with van der Waals surface area (Å²) in [5.41, 5.74) is 0. The Bertz CT molecular complexity index is 308. The molecule has 1 unspecified atom stereocenters. The summed E-state index contributed by atoms with van der Waals surface area (Å²) in [5, 5.41) is 0. The van der Waals surface area contributed by atoms with Crippen LogP contribution in [0.15, 0.2) is 12.2 Å². The van der Waals surface area contributed by atoms with E-state index in [9.17, 15) is 9.59 Å². The van der Waals surface area contributed by atoms with Crippen LogP contribution in [0.4, 0.5) is 0 Å². The summed E-state index contributed by atoms with van der Waals surface area (Å²) in [6, 6.07) is 0. The molecular formula is C16H28O4. The molecule has 0 aliphatic heterocycles. The fraction of sp³-hybridized carbons (Fsp3) is 0.750. The molecule has 0 spiro atoms. The third kappa shape index (κ3) is 8.73. The van der Waals surface area contributed by atoms with Crippen molar-refractivity contribution in [1.82, 2.24) is 0 Å². The highest BCUT2D eigenvalue weighted by atomic mass is 16.6. The lowest BCUT2D eigenvalue weighted by atomic mass is 10.1. The lowest BCUT2D eigenvalue weighted by Gasteiger charge is -2.19. The molecule has 0 aromatic rings. The Balaban J connectivity index is 4.05. The van der Waals surface area contributed by atoms with Gasteiger partial charge >= 0.3 is 11.9 Å². The van der Waals surface area contributed by atoms with Crippen LogP contribution < -0.4 is 0 Å². The van der Waals surface area contributed by atoms with E-state index in [4.69, 9.17) is 9.47 Å². The Kier molecular flexibility index (Phi) is 10.7. The molecule has 0 saturated heterocycles. The Labute approximate surface area is 122 Å². The van der Waals surface area contributed by atoms with E-state index < -0.39 is 12.1 Å². The molecule has 0 bridgehead atoms. The second kappa shape index (κ2) is 11.5. The van der Waals surface area contributed by atoms with Crippen molar-refractivity contribution in [3.05, 3.63) is 12.2 Å². The van der Waals surface area contributed by atoms with Crippen LogP contribution in [0.25, 0.3) is 0 Å². The average Bonchev–Trinajstić information content (AvgIpc) is 2.39. The number of carbonyl (C=O) groups excluding carboxylic acids is 2. The number of hydrogen-bond acceptors (Lipinski definition) is 4. The van der Waals surface area contributed by atoms with Crippen molar-refractivity contribution in [2.75, 3.05) is 6.61 Å². The largest absolute Gasteiger partial charge is 0.463 e. The zero-order valence-corrected chi connectivity index (χ0v) is 13.2. The monoisotopic (exact) mass is 284 g/mol. The highest BCUT2D eigenvalue weighted by Gasteiger charge is 2.27. The Morgan fingerprint density at radius 3 is 2.30 bits per heavy atom. The predicted octanol–water partition coefficient (Wildman–Crippen LogP) is 3.64. The standard InChI is InChI=1S/C16H28O4/c1-5-7-8-9-10-11-12-14(17)20-15(13(3)4)16(18)19-6-2/h8-9,13,15H,5-7,10-12H2,1-4H3/b9-8+. The molecule has 0 aromatic carbocycles. The number of rotatable bonds is 10. The minimum Gasteiger partial charge on any atom is -0.463 e. The summed E-state index contributed by atoms with van der Waals surface area (Å²) in [4.78, 5) is 23.4. The van der Waals surface area contributed by atoms with Crippen molar-refractivity contribution in [1.29, 1.82) is 0 Å².